The summed E-state index contributed by atoms with van der Waals surface area (Å²) < 4.78 is 16.6. The minimum atomic E-state index is -0.0451. The first-order valence-corrected chi connectivity index (χ1v) is 11.0. The van der Waals surface area contributed by atoms with E-state index in [2.05, 4.69) is 40.0 Å². The van der Waals surface area contributed by atoms with Crippen molar-refractivity contribution in [3.63, 3.8) is 0 Å². The summed E-state index contributed by atoms with van der Waals surface area (Å²) in [6, 6.07) is 21.8. The lowest BCUT2D eigenvalue weighted by molar-refractivity contribution is 0.350. The van der Waals surface area contributed by atoms with E-state index in [1.54, 1.807) is 21.3 Å². The fraction of sp³-hybridized carbons (Fsp3) is 0.192. The number of rotatable bonds is 8. The van der Waals surface area contributed by atoms with Crippen molar-refractivity contribution in [1.29, 1.82) is 0 Å². The monoisotopic (exact) mass is 461 g/mol. The predicted molar refractivity (Wildman–Crippen MR) is 137 cm³/mol. The molecule has 0 aliphatic rings. The molecule has 3 N–H and O–H groups in total. The fourth-order valence-corrected chi connectivity index (χ4v) is 4.23. The number of thiocarbonyl (C=S) groups is 1. The molecule has 0 unspecified atom stereocenters. The van der Waals surface area contributed by atoms with Gasteiger partial charge in [-0.05, 0) is 42.0 Å². The van der Waals surface area contributed by atoms with Crippen molar-refractivity contribution in [2.75, 3.05) is 33.2 Å². The Morgan fingerprint density at radius 2 is 1.73 bits per heavy atom. The molecule has 4 aromatic rings. The van der Waals surface area contributed by atoms with Crippen LogP contribution in [-0.4, -0.2) is 38.0 Å². The van der Waals surface area contributed by atoms with E-state index in [1.165, 1.54) is 0 Å². The van der Waals surface area contributed by atoms with E-state index in [-0.39, 0.29) is 5.92 Å². The quantitative estimate of drug-likeness (QED) is 0.309. The number of hydrogen-bond donors (Lipinski definition) is 3. The van der Waals surface area contributed by atoms with Crippen molar-refractivity contribution in [2.45, 2.75) is 5.92 Å². The van der Waals surface area contributed by atoms with Gasteiger partial charge < -0.3 is 29.8 Å². The first-order chi connectivity index (χ1) is 16.1. The molecule has 1 atom stereocenters. The zero-order valence-electron chi connectivity index (χ0n) is 18.8. The Balaban J connectivity index is 1.65. The summed E-state index contributed by atoms with van der Waals surface area (Å²) in [6.07, 6.45) is 2.05. The lowest BCUT2D eigenvalue weighted by atomic mass is 9.90. The molecule has 3 aromatic carbocycles. The highest BCUT2D eigenvalue weighted by Crippen LogP contribution is 2.40. The Hall–Kier alpha value is -3.71. The van der Waals surface area contributed by atoms with Gasteiger partial charge in [0.05, 0.1) is 21.3 Å². The van der Waals surface area contributed by atoms with E-state index in [0.29, 0.717) is 23.2 Å². The smallest absolute Gasteiger partial charge is 0.170 e. The SMILES string of the molecule is COc1cccc(NC(=S)NC[C@@H](c2cccc(OC)c2OC)c2c[nH]c3ccccc23)c1. The van der Waals surface area contributed by atoms with Gasteiger partial charge in [-0.1, -0.05) is 36.4 Å². The predicted octanol–water partition coefficient (Wildman–Crippen LogP) is 5.31. The summed E-state index contributed by atoms with van der Waals surface area (Å²) in [7, 11) is 4.95. The molecule has 4 rings (SSSR count). The van der Waals surface area contributed by atoms with Gasteiger partial charge in [-0.3, -0.25) is 0 Å². The van der Waals surface area contributed by atoms with Crippen molar-refractivity contribution < 1.29 is 14.2 Å². The van der Waals surface area contributed by atoms with Gasteiger partial charge in [-0.15, -0.1) is 0 Å². The highest BCUT2D eigenvalue weighted by atomic mass is 32.1. The maximum absolute atomic E-state index is 5.76. The van der Waals surface area contributed by atoms with E-state index in [1.807, 2.05) is 48.5 Å². The molecule has 33 heavy (non-hydrogen) atoms. The number of aromatic amines is 1. The van der Waals surface area contributed by atoms with Crippen molar-refractivity contribution in [3.05, 3.63) is 84.1 Å². The number of nitrogens with one attached hydrogen (secondary N) is 3. The Morgan fingerprint density at radius 1 is 0.909 bits per heavy atom. The molecule has 6 nitrogen and oxygen atoms in total. The summed E-state index contributed by atoms with van der Waals surface area (Å²) in [5.41, 5.74) is 4.10. The van der Waals surface area contributed by atoms with E-state index >= 15 is 0 Å². The maximum atomic E-state index is 5.76. The molecule has 0 bridgehead atoms. The highest BCUT2D eigenvalue weighted by molar-refractivity contribution is 7.80. The third kappa shape index (κ3) is 4.88. The zero-order valence-corrected chi connectivity index (χ0v) is 19.7. The number of para-hydroxylation sites is 2. The summed E-state index contributed by atoms with van der Waals surface area (Å²) in [6.45, 7) is 0.557. The van der Waals surface area contributed by atoms with Gasteiger partial charge in [0.1, 0.15) is 5.75 Å². The van der Waals surface area contributed by atoms with Crippen molar-refractivity contribution in [2.24, 2.45) is 0 Å². The average molecular weight is 462 g/mol. The Kier molecular flexibility index (Phi) is 7.00. The van der Waals surface area contributed by atoms with Crippen LogP contribution in [0.2, 0.25) is 0 Å². The van der Waals surface area contributed by atoms with Crippen LogP contribution < -0.4 is 24.8 Å². The third-order valence-electron chi connectivity index (χ3n) is 5.60. The fourth-order valence-electron chi connectivity index (χ4n) is 4.03. The van der Waals surface area contributed by atoms with Crippen LogP contribution in [0.4, 0.5) is 5.69 Å². The van der Waals surface area contributed by atoms with Crippen molar-refractivity contribution in [1.82, 2.24) is 10.3 Å². The van der Waals surface area contributed by atoms with E-state index in [4.69, 9.17) is 26.4 Å². The number of fused-ring (bicyclic) bond motifs is 1. The molecule has 0 saturated heterocycles. The second-order valence-electron chi connectivity index (χ2n) is 7.49. The highest BCUT2D eigenvalue weighted by Gasteiger charge is 2.24. The van der Waals surface area contributed by atoms with Gasteiger partial charge in [-0.25, -0.2) is 0 Å². The molecule has 0 spiro atoms. The van der Waals surface area contributed by atoms with Crippen LogP contribution in [0, 0.1) is 0 Å². The van der Waals surface area contributed by atoms with Crippen molar-refractivity contribution >= 4 is 33.9 Å². The Bertz CT molecular complexity index is 1250. The third-order valence-corrected chi connectivity index (χ3v) is 5.85. The number of H-pyrrole nitrogens is 1. The van der Waals surface area contributed by atoms with Crippen LogP contribution in [-0.2, 0) is 0 Å². The number of ether oxygens (including phenoxy) is 3. The Labute approximate surface area is 198 Å². The topological polar surface area (TPSA) is 67.5 Å². The number of methoxy groups -OCH3 is 3. The van der Waals surface area contributed by atoms with Gasteiger partial charge in [0, 0.05) is 46.9 Å². The zero-order chi connectivity index (χ0) is 23.2. The summed E-state index contributed by atoms with van der Waals surface area (Å²) in [5, 5.41) is 8.29. The molecule has 0 fully saturated rings. The largest absolute Gasteiger partial charge is 0.497 e. The normalized spacial score (nSPS) is 11.6. The van der Waals surface area contributed by atoms with E-state index in [0.717, 1.165) is 33.5 Å². The molecular weight excluding hydrogens is 434 g/mol. The van der Waals surface area contributed by atoms with E-state index in [9.17, 15) is 0 Å². The molecule has 0 saturated carbocycles. The van der Waals surface area contributed by atoms with Crippen LogP contribution in [0.15, 0.2) is 72.9 Å². The molecular formula is C26H27N3O3S. The van der Waals surface area contributed by atoms with Gasteiger partial charge in [-0.2, -0.15) is 0 Å². The minimum absolute atomic E-state index is 0.0451. The molecule has 0 aliphatic heterocycles. The number of aromatic nitrogens is 1. The van der Waals surface area contributed by atoms with Crippen LogP contribution in [0.1, 0.15) is 17.0 Å². The summed E-state index contributed by atoms with van der Waals surface area (Å²) in [4.78, 5) is 3.38. The van der Waals surface area contributed by atoms with Gasteiger partial charge in [0.15, 0.2) is 16.6 Å². The molecule has 1 heterocycles. The second-order valence-corrected chi connectivity index (χ2v) is 7.90. The van der Waals surface area contributed by atoms with Crippen LogP contribution in [0.25, 0.3) is 10.9 Å². The number of benzene rings is 3. The minimum Gasteiger partial charge on any atom is -0.497 e. The lowest BCUT2D eigenvalue weighted by Gasteiger charge is -2.23. The van der Waals surface area contributed by atoms with Crippen LogP contribution in [0.5, 0.6) is 17.2 Å². The van der Waals surface area contributed by atoms with E-state index < -0.39 is 0 Å². The van der Waals surface area contributed by atoms with Crippen molar-refractivity contribution in [3.8, 4) is 17.2 Å². The summed E-state index contributed by atoms with van der Waals surface area (Å²) in [5.74, 6) is 2.12. The standard InChI is InChI=1S/C26H27N3O3S/c1-30-18-9-6-8-17(14-18)29-26(33)28-16-22(20-11-7-13-24(31-2)25(20)32-3)21-15-27-23-12-5-4-10-19(21)23/h4-15,22,27H,16H2,1-3H3,(H2,28,29,33)/t22-/m0/s1. The maximum Gasteiger partial charge on any atom is 0.170 e. The summed E-state index contributed by atoms with van der Waals surface area (Å²) >= 11 is 5.59. The second kappa shape index (κ2) is 10.3. The van der Waals surface area contributed by atoms with Crippen LogP contribution >= 0.6 is 12.2 Å². The average Bonchev–Trinajstić information content (AvgIpc) is 3.28. The lowest BCUT2D eigenvalue weighted by Crippen LogP contribution is -2.32. The molecule has 170 valence electrons. The van der Waals surface area contributed by atoms with Crippen LogP contribution in [0.3, 0.4) is 0 Å². The van der Waals surface area contributed by atoms with Gasteiger partial charge >= 0.3 is 0 Å². The molecule has 1 aromatic heterocycles. The molecule has 0 radical (unpaired) electrons. The first kappa shape index (κ1) is 22.5. The Morgan fingerprint density at radius 3 is 2.52 bits per heavy atom. The number of hydrogen-bond acceptors (Lipinski definition) is 4. The number of anilines is 1. The van der Waals surface area contributed by atoms with Gasteiger partial charge in [0.2, 0.25) is 0 Å². The van der Waals surface area contributed by atoms with Gasteiger partial charge in [0.25, 0.3) is 0 Å². The molecule has 0 aliphatic carbocycles. The molecule has 0 amide bonds. The first-order valence-electron chi connectivity index (χ1n) is 10.6. The molecule has 7 heteroatoms.